The van der Waals surface area contributed by atoms with Crippen molar-refractivity contribution in [3.8, 4) is 11.3 Å². The third-order valence-corrected chi connectivity index (χ3v) is 2.62. The summed E-state index contributed by atoms with van der Waals surface area (Å²) in [4.78, 5) is 0. The Labute approximate surface area is 110 Å². The van der Waals surface area contributed by atoms with Crippen LogP contribution in [-0.4, -0.2) is 10.2 Å². The molecule has 1 heterocycles. The van der Waals surface area contributed by atoms with Crippen LogP contribution in [0.25, 0.3) is 11.3 Å². The summed E-state index contributed by atoms with van der Waals surface area (Å²) in [6.07, 6.45) is 0. The Kier molecular flexibility index (Phi) is 5.50. The van der Waals surface area contributed by atoms with Gasteiger partial charge in [-0.1, -0.05) is 57.5 Å². The van der Waals surface area contributed by atoms with Gasteiger partial charge in [0.25, 0.3) is 0 Å². The minimum atomic E-state index is 0.430. The molecule has 0 aliphatic rings. The molecule has 1 aromatic heterocycles. The monoisotopic (exact) mass is 242 g/mol. The van der Waals surface area contributed by atoms with E-state index >= 15 is 0 Å². The van der Waals surface area contributed by atoms with E-state index in [9.17, 15) is 0 Å². The van der Waals surface area contributed by atoms with Crippen LogP contribution in [0.5, 0.6) is 0 Å². The number of hydrogen-bond donors (Lipinski definition) is 0. The molecular weight excluding hydrogens is 220 g/mol. The van der Waals surface area contributed by atoms with Gasteiger partial charge < -0.3 is 0 Å². The van der Waals surface area contributed by atoms with Crippen LogP contribution in [0.3, 0.4) is 0 Å². The Morgan fingerprint density at radius 1 is 0.833 bits per heavy atom. The van der Waals surface area contributed by atoms with Crippen LogP contribution in [0.2, 0.25) is 0 Å². The number of rotatable bonds is 2. The minimum absolute atomic E-state index is 0.430. The van der Waals surface area contributed by atoms with Gasteiger partial charge >= 0.3 is 0 Å². The van der Waals surface area contributed by atoms with Crippen molar-refractivity contribution in [3.05, 3.63) is 47.7 Å². The highest BCUT2D eigenvalue weighted by Gasteiger charge is 2.03. The molecule has 2 heteroatoms. The van der Waals surface area contributed by atoms with Gasteiger partial charge in [0, 0.05) is 5.56 Å². The lowest BCUT2D eigenvalue weighted by atomic mass is 10.1. The molecule has 0 radical (unpaired) electrons. The molecule has 0 atom stereocenters. The van der Waals surface area contributed by atoms with Crippen molar-refractivity contribution in [1.29, 1.82) is 0 Å². The number of nitrogens with zero attached hydrogens (tertiary/aromatic N) is 2. The van der Waals surface area contributed by atoms with Crippen molar-refractivity contribution in [3.63, 3.8) is 0 Å². The largest absolute Gasteiger partial charge is 0.155 e. The maximum absolute atomic E-state index is 4.25. The van der Waals surface area contributed by atoms with Crippen LogP contribution in [0.1, 0.15) is 44.9 Å². The van der Waals surface area contributed by atoms with Gasteiger partial charge in [-0.25, -0.2) is 0 Å². The van der Waals surface area contributed by atoms with Crippen molar-refractivity contribution in [2.75, 3.05) is 0 Å². The summed E-state index contributed by atoms with van der Waals surface area (Å²) in [5.41, 5.74) is 4.35. The van der Waals surface area contributed by atoms with Crippen LogP contribution >= 0.6 is 0 Å². The van der Waals surface area contributed by atoms with Gasteiger partial charge in [-0.3, -0.25) is 0 Å². The zero-order valence-corrected chi connectivity index (χ0v) is 11.9. The van der Waals surface area contributed by atoms with Gasteiger partial charge in [-0.2, -0.15) is 10.2 Å². The molecule has 0 bridgehead atoms. The number of hydrogen-bond acceptors (Lipinski definition) is 2. The third-order valence-electron chi connectivity index (χ3n) is 2.62. The fraction of sp³-hybridized carbons (Fsp3) is 0.375. The van der Waals surface area contributed by atoms with E-state index in [0.29, 0.717) is 5.92 Å². The average Bonchev–Trinajstić information content (AvgIpc) is 2.42. The summed E-state index contributed by atoms with van der Waals surface area (Å²) in [7, 11) is 0. The first kappa shape index (κ1) is 14.4. The van der Waals surface area contributed by atoms with E-state index in [4.69, 9.17) is 0 Å². The smallest absolute Gasteiger partial charge is 0.0929 e. The average molecular weight is 242 g/mol. The molecule has 0 fully saturated rings. The predicted octanol–water partition coefficient (Wildman–Crippen LogP) is 4.60. The maximum Gasteiger partial charge on any atom is 0.0929 e. The molecule has 0 unspecified atom stereocenters. The molecule has 1 aromatic carbocycles. The molecule has 0 amide bonds. The Morgan fingerprint density at radius 3 is 1.89 bits per heavy atom. The summed E-state index contributed by atoms with van der Waals surface area (Å²) < 4.78 is 0. The zero-order valence-electron chi connectivity index (χ0n) is 11.9. The maximum atomic E-state index is 4.25. The number of aryl methyl sites for hydroxylation is 1. The molecule has 0 saturated heterocycles. The lowest BCUT2D eigenvalue weighted by molar-refractivity contribution is 0.787. The summed E-state index contributed by atoms with van der Waals surface area (Å²) in [6, 6.07) is 12.4. The normalized spacial score (nSPS) is 9.89. The first-order valence-electron chi connectivity index (χ1n) is 6.57. The van der Waals surface area contributed by atoms with Crippen molar-refractivity contribution in [2.45, 2.75) is 40.5 Å². The summed E-state index contributed by atoms with van der Waals surface area (Å²) in [5.74, 6) is 0.430. The Morgan fingerprint density at radius 2 is 1.44 bits per heavy atom. The lowest BCUT2D eigenvalue weighted by Gasteiger charge is -2.04. The van der Waals surface area contributed by atoms with E-state index in [1.54, 1.807) is 0 Å². The first-order chi connectivity index (χ1) is 8.66. The highest BCUT2D eigenvalue weighted by Crippen LogP contribution is 2.18. The fourth-order valence-corrected chi connectivity index (χ4v) is 1.53. The van der Waals surface area contributed by atoms with E-state index < -0.39 is 0 Å². The van der Waals surface area contributed by atoms with Crippen LogP contribution < -0.4 is 0 Å². The Hall–Kier alpha value is -1.70. The number of benzene rings is 1. The molecule has 2 rings (SSSR count). The quantitative estimate of drug-likeness (QED) is 0.769. The predicted molar refractivity (Wildman–Crippen MR) is 77.6 cm³/mol. The summed E-state index contributed by atoms with van der Waals surface area (Å²) >= 11 is 0. The topological polar surface area (TPSA) is 25.8 Å². The highest BCUT2D eigenvalue weighted by molar-refractivity contribution is 5.58. The van der Waals surface area contributed by atoms with Crippen LogP contribution in [-0.2, 0) is 0 Å². The third kappa shape index (κ3) is 3.66. The van der Waals surface area contributed by atoms with Gasteiger partial charge in [0.2, 0.25) is 0 Å². The number of aromatic nitrogens is 2. The van der Waals surface area contributed by atoms with Crippen LogP contribution in [0.4, 0.5) is 0 Å². The molecular formula is C16H22N2. The second-order valence-corrected chi connectivity index (χ2v) is 4.36. The zero-order chi connectivity index (χ0) is 13.5. The molecule has 0 saturated carbocycles. The molecule has 0 N–H and O–H groups in total. The molecule has 18 heavy (non-hydrogen) atoms. The first-order valence-corrected chi connectivity index (χ1v) is 6.57. The van der Waals surface area contributed by atoms with Crippen molar-refractivity contribution >= 4 is 0 Å². The molecule has 2 aromatic rings. The lowest BCUT2D eigenvalue weighted by Crippen LogP contribution is -1.96. The van der Waals surface area contributed by atoms with Gasteiger partial charge in [0.1, 0.15) is 0 Å². The minimum Gasteiger partial charge on any atom is -0.155 e. The molecule has 96 valence electrons. The van der Waals surface area contributed by atoms with Crippen molar-refractivity contribution < 1.29 is 0 Å². The van der Waals surface area contributed by atoms with Gasteiger partial charge in [-0.15, -0.1) is 0 Å². The van der Waals surface area contributed by atoms with E-state index in [2.05, 4.69) is 55.2 Å². The summed E-state index contributed by atoms with van der Waals surface area (Å²) in [5, 5.41) is 8.48. The van der Waals surface area contributed by atoms with E-state index in [1.807, 2.05) is 26.0 Å². The van der Waals surface area contributed by atoms with Gasteiger partial charge in [0.15, 0.2) is 0 Å². The van der Waals surface area contributed by atoms with E-state index in [0.717, 1.165) is 17.0 Å². The molecule has 0 aliphatic carbocycles. The Balaban J connectivity index is 0.000000771. The van der Waals surface area contributed by atoms with Crippen LogP contribution in [0.15, 0.2) is 36.4 Å². The highest BCUT2D eigenvalue weighted by atomic mass is 15.1. The molecule has 0 aliphatic heterocycles. The van der Waals surface area contributed by atoms with E-state index in [-0.39, 0.29) is 0 Å². The second kappa shape index (κ2) is 6.90. The molecule has 0 spiro atoms. The molecule has 2 nitrogen and oxygen atoms in total. The Bertz CT molecular complexity index is 455. The summed E-state index contributed by atoms with van der Waals surface area (Å²) in [6.45, 7) is 10.3. The standard InChI is InChI=1S/C14H16N2.C2H6/c1-10(2)13-8-9-14(16-15-13)12-6-4-11(3)5-7-12;1-2/h4-10H,1-3H3;1-2H3. The van der Waals surface area contributed by atoms with Crippen LogP contribution in [0, 0.1) is 6.92 Å². The second-order valence-electron chi connectivity index (χ2n) is 4.36. The SMILES string of the molecule is CC.Cc1ccc(-c2ccc(C(C)C)nn2)cc1. The van der Waals surface area contributed by atoms with Gasteiger partial charge in [-0.05, 0) is 25.0 Å². The van der Waals surface area contributed by atoms with Gasteiger partial charge in [0.05, 0.1) is 11.4 Å². The van der Waals surface area contributed by atoms with Crippen molar-refractivity contribution in [2.24, 2.45) is 0 Å². The van der Waals surface area contributed by atoms with E-state index in [1.165, 1.54) is 5.56 Å². The fourth-order valence-electron chi connectivity index (χ4n) is 1.53. The van der Waals surface area contributed by atoms with Crippen molar-refractivity contribution in [1.82, 2.24) is 10.2 Å².